The minimum Gasteiger partial charge on any atom is -0.204 e. The smallest absolute Gasteiger partial charge is 0.159 e. The van der Waals surface area contributed by atoms with Crippen molar-refractivity contribution in [2.75, 3.05) is 0 Å². The third-order valence-electron chi connectivity index (χ3n) is 2.03. The summed E-state index contributed by atoms with van der Waals surface area (Å²) in [5, 5.41) is 1.48. The summed E-state index contributed by atoms with van der Waals surface area (Å²) >= 11 is 7.61. The third kappa shape index (κ3) is 2.19. The normalized spacial score (nSPS) is 12.7. The summed E-state index contributed by atoms with van der Waals surface area (Å²) in [4.78, 5) is 0.919. The zero-order valence-electron chi connectivity index (χ0n) is 7.58. The second-order valence-corrected chi connectivity index (χ2v) is 4.47. The Bertz CT molecular complexity index is 454. The molecular weight excluding hydrogens is 238 g/mol. The van der Waals surface area contributed by atoms with Gasteiger partial charge in [-0.25, -0.2) is 8.78 Å². The Balaban J connectivity index is 2.34. The molecular formula is C11H7ClF2S. The molecule has 2 rings (SSSR count). The van der Waals surface area contributed by atoms with Crippen LogP contribution in [-0.4, -0.2) is 0 Å². The number of thiophene rings is 1. The van der Waals surface area contributed by atoms with Gasteiger partial charge in [-0.1, -0.05) is 12.1 Å². The first-order valence-electron chi connectivity index (χ1n) is 4.31. The Hall–Kier alpha value is -0.930. The minimum absolute atomic E-state index is 0.417. The van der Waals surface area contributed by atoms with Gasteiger partial charge in [0.1, 0.15) is 0 Å². The second kappa shape index (κ2) is 4.29. The molecule has 1 unspecified atom stereocenters. The lowest BCUT2D eigenvalue weighted by atomic mass is 10.1. The van der Waals surface area contributed by atoms with Gasteiger partial charge in [-0.2, -0.15) is 0 Å². The van der Waals surface area contributed by atoms with Crippen molar-refractivity contribution in [2.24, 2.45) is 0 Å². The number of hydrogen-bond acceptors (Lipinski definition) is 1. The topological polar surface area (TPSA) is 0 Å². The molecule has 0 saturated heterocycles. The maximum Gasteiger partial charge on any atom is 0.159 e. The van der Waals surface area contributed by atoms with Crippen molar-refractivity contribution in [3.63, 3.8) is 0 Å². The van der Waals surface area contributed by atoms with Crippen molar-refractivity contribution in [3.05, 3.63) is 57.8 Å². The van der Waals surface area contributed by atoms with Crippen molar-refractivity contribution in [3.8, 4) is 0 Å². The fourth-order valence-electron chi connectivity index (χ4n) is 1.27. The molecule has 4 heteroatoms. The Morgan fingerprint density at radius 2 is 1.93 bits per heavy atom. The van der Waals surface area contributed by atoms with Crippen molar-refractivity contribution in [1.29, 1.82) is 0 Å². The van der Waals surface area contributed by atoms with Gasteiger partial charge in [0.2, 0.25) is 0 Å². The SMILES string of the molecule is Fc1ccc(C(Cl)c2cccs2)cc1F. The van der Waals surface area contributed by atoms with Gasteiger partial charge in [0.05, 0.1) is 5.38 Å². The monoisotopic (exact) mass is 244 g/mol. The van der Waals surface area contributed by atoms with E-state index in [1.807, 2.05) is 17.5 Å². The number of alkyl halides is 1. The molecule has 0 saturated carbocycles. The van der Waals surface area contributed by atoms with E-state index in [0.29, 0.717) is 5.56 Å². The van der Waals surface area contributed by atoms with Crippen LogP contribution in [0.4, 0.5) is 8.78 Å². The average molecular weight is 245 g/mol. The molecule has 1 atom stereocenters. The maximum atomic E-state index is 13.0. The fourth-order valence-corrected chi connectivity index (χ4v) is 2.36. The summed E-state index contributed by atoms with van der Waals surface area (Å²) in [5.41, 5.74) is 0.568. The van der Waals surface area contributed by atoms with E-state index in [-0.39, 0.29) is 0 Å². The van der Waals surface area contributed by atoms with Crippen LogP contribution in [0.3, 0.4) is 0 Å². The number of rotatable bonds is 2. The van der Waals surface area contributed by atoms with Gasteiger partial charge < -0.3 is 0 Å². The highest BCUT2D eigenvalue weighted by molar-refractivity contribution is 7.10. The standard InChI is InChI=1S/C11H7ClF2S/c12-11(10-2-1-5-15-10)7-3-4-8(13)9(14)6-7/h1-6,11H. The molecule has 0 spiro atoms. The average Bonchev–Trinajstić information content (AvgIpc) is 2.74. The van der Waals surface area contributed by atoms with Crippen LogP contribution in [0.25, 0.3) is 0 Å². The summed E-state index contributed by atoms with van der Waals surface area (Å²) in [6.45, 7) is 0. The first-order chi connectivity index (χ1) is 7.18. The minimum atomic E-state index is -0.866. The Morgan fingerprint density at radius 1 is 1.13 bits per heavy atom. The van der Waals surface area contributed by atoms with E-state index < -0.39 is 17.0 Å². The Kier molecular flexibility index (Phi) is 3.03. The van der Waals surface area contributed by atoms with E-state index in [4.69, 9.17) is 11.6 Å². The zero-order chi connectivity index (χ0) is 10.8. The summed E-state index contributed by atoms with van der Waals surface area (Å²) < 4.78 is 25.6. The van der Waals surface area contributed by atoms with Crippen molar-refractivity contribution in [2.45, 2.75) is 5.38 Å². The van der Waals surface area contributed by atoms with Gasteiger partial charge in [-0.15, -0.1) is 22.9 Å². The number of halogens is 3. The van der Waals surface area contributed by atoms with Gasteiger partial charge in [0.15, 0.2) is 11.6 Å². The summed E-state index contributed by atoms with van der Waals surface area (Å²) in [6, 6.07) is 7.45. The van der Waals surface area contributed by atoms with Crippen LogP contribution >= 0.6 is 22.9 Å². The molecule has 0 nitrogen and oxygen atoms in total. The number of hydrogen-bond donors (Lipinski definition) is 0. The molecule has 2 aromatic rings. The van der Waals surface area contributed by atoms with E-state index in [1.165, 1.54) is 17.4 Å². The molecule has 1 aromatic carbocycles. The van der Waals surface area contributed by atoms with E-state index in [0.717, 1.165) is 17.0 Å². The van der Waals surface area contributed by atoms with Gasteiger partial charge in [0.25, 0.3) is 0 Å². The van der Waals surface area contributed by atoms with Crippen molar-refractivity contribution < 1.29 is 8.78 Å². The molecule has 0 fully saturated rings. The second-order valence-electron chi connectivity index (χ2n) is 3.05. The summed E-state index contributed by atoms with van der Waals surface area (Å²) in [6.07, 6.45) is 0. The first kappa shape index (κ1) is 10.6. The van der Waals surface area contributed by atoms with E-state index in [2.05, 4.69) is 0 Å². The molecule has 0 bridgehead atoms. The van der Waals surface area contributed by atoms with Crippen LogP contribution in [0.5, 0.6) is 0 Å². The highest BCUT2D eigenvalue weighted by Gasteiger charge is 2.13. The van der Waals surface area contributed by atoms with Crippen LogP contribution in [0.15, 0.2) is 35.7 Å². The van der Waals surface area contributed by atoms with Crippen molar-refractivity contribution >= 4 is 22.9 Å². The third-order valence-corrected chi connectivity index (χ3v) is 3.58. The number of benzene rings is 1. The molecule has 1 aromatic heterocycles. The van der Waals surface area contributed by atoms with Gasteiger partial charge in [-0.3, -0.25) is 0 Å². The van der Waals surface area contributed by atoms with E-state index >= 15 is 0 Å². The molecule has 0 radical (unpaired) electrons. The molecule has 0 amide bonds. The maximum absolute atomic E-state index is 13.0. The van der Waals surface area contributed by atoms with Crippen molar-refractivity contribution in [1.82, 2.24) is 0 Å². The molecule has 1 heterocycles. The molecule has 0 aliphatic heterocycles. The van der Waals surface area contributed by atoms with Crippen LogP contribution in [-0.2, 0) is 0 Å². The van der Waals surface area contributed by atoms with Gasteiger partial charge in [-0.05, 0) is 29.1 Å². The summed E-state index contributed by atoms with van der Waals surface area (Å²) in [5.74, 6) is -1.72. The molecule has 0 N–H and O–H groups in total. The highest BCUT2D eigenvalue weighted by Crippen LogP contribution is 2.32. The van der Waals surface area contributed by atoms with Crippen LogP contribution in [0, 0.1) is 11.6 Å². The predicted molar refractivity (Wildman–Crippen MR) is 58.4 cm³/mol. The molecule has 0 aliphatic rings. The lowest BCUT2D eigenvalue weighted by Crippen LogP contribution is -1.93. The lowest BCUT2D eigenvalue weighted by Gasteiger charge is -2.07. The van der Waals surface area contributed by atoms with Crippen LogP contribution in [0.2, 0.25) is 0 Å². The largest absolute Gasteiger partial charge is 0.204 e. The Labute approximate surface area is 95.1 Å². The molecule has 78 valence electrons. The molecule has 15 heavy (non-hydrogen) atoms. The van der Waals surface area contributed by atoms with Gasteiger partial charge >= 0.3 is 0 Å². The first-order valence-corrected chi connectivity index (χ1v) is 5.62. The lowest BCUT2D eigenvalue weighted by molar-refractivity contribution is 0.507. The van der Waals surface area contributed by atoms with E-state index in [1.54, 1.807) is 0 Å². The quantitative estimate of drug-likeness (QED) is 0.689. The van der Waals surface area contributed by atoms with Crippen LogP contribution < -0.4 is 0 Å². The Morgan fingerprint density at radius 3 is 2.53 bits per heavy atom. The van der Waals surface area contributed by atoms with Crippen LogP contribution in [0.1, 0.15) is 15.8 Å². The predicted octanol–water partition coefficient (Wildman–Crippen LogP) is 4.35. The summed E-state index contributed by atoms with van der Waals surface area (Å²) in [7, 11) is 0. The fraction of sp³-hybridized carbons (Fsp3) is 0.0909. The van der Waals surface area contributed by atoms with E-state index in [9.17, 15) is 8.78 Å². The highest BCUT2D eigenvalue weighted by atomic mass is 35.5. The zero-order valence-corrected chi connectivity index (χ0v) is 9.16. The molecule has 0 aliphatic carbocycles. The van der Waals surface area contributed by atoms with Gasteiger partial charge in [0, 0.05) is 4.88 Å².